The summed E-state index contributed by atoms with van der Waals surface area (Å²) in [6.07, 6.45) is 4.83. The molecule has 0 saturated heterocycles. The Labute approximate surface area is 118 Å². The fourth-order valence-electron chi connectivity index (χ4n) is 2.04. The average molecular weight is 303 g/mol. The topological polar surface area (TPSA) is 76.3 Å². The molecule has 19 heavy (non-hydrogen) atoms. The van der Waals surface area contributed by atoms with Crippen LogP contribution in [0.2, 0.25) is 0 Å². The van der Waals surface area contributed by atoms with Crippen LogP contribution in [0, 0.1) is 0 Å². The van der Waals surface area contributed by atoms with Crippen molar-refractivity contribution in [1.82, 2.24) is 4.37 Å². The molecule has 0 bridgehead atoms. The molecule has 0 aliphatic heterocycles. The summed E-state index contributed by atoms with van der Waals surface area (Å²) >= 11 is 1.19. The van der Waals surface area contributed by atoms with Crippen LogP contribution >= 0.6 is 11.5 Å². The number of hydrogen-bond acceptors (Lipinski definition) is 6. The van der Waals surface area contributed by atoms with Gasteiger partial charge in [0.15, 0.2) is 15.7 Å². The maximum absolute atomic E-state index is 12.4. The number of nitrogen functional groups attached to an aromatic ring is 1. The van der Waals surface area contributed by atoms with E-state index in [4.69, 9.17) is 5.73 Å². The molecule has 5 nitrogen and oxygen atoms in total. The van der Waals surface area contributed by atoms with E-state index in [1.807, 2.05) is 11.9 Å². The summed E-state index contributed by atoms with van der Waals surface area (Å²) in [7, 11) is -1.37. The number of anilines is 2. The van der Waals surface area contributed by atoms with Crippen LogP contribution in [0.3, 0.4) is 0 Å². The van der Waals surface area contributed by atoms with Crippen LogP contribution in [-0.4, -0.2) is 31.6 Å². The molecular weight excluding hydrogens is 282 g/mol. The van der Waals surface area contributed by atoms with Crippen molar-refractivity contribution in [1.29, 1.82) is 0 Å². The van der Waals surface area contributed by atoms with Crippen molar-refractivity contribution in [2.75, 3.05) is 24.2 Å². The molecule has 0 atom stereocenters. The van der Waals surface area contributed by atoms with Crippen LogP contribution in [0.15, 0.2) is 4.90 Å². The fraction of sp³-hybridized carbons (Fsp3) is 0.750. The lowest BCUT2D eigenvalue weighted by Crippen LogP contribution is -2.21. The molecule has 1 saturated carbocycles. The summed E-state index contributed by atoms with van der Waals surface area (Å²) in [6, 6.07) is 0. The SMILES string of the molecule is CCCCCN(C)c1snc(N)c1S(=O)(=O)C1CC1. The highest BCUT2D eigenvalue weighted by molar-refractivity contribution is 7.92. The van der Waals surface area contributed by atoms with Gasteiger partial charge in [-0.25, -0.2) is 8.42 Å². The lowest BCUT2D eigenvalue weighted by molar-refractivity contribution is 0.595. The van der Waals surface area contributed by atoms with Crippen molar-refractivity contribution in [3.8, 4) is 0 Å². The van der Waals surface area contributed by atoms with Crippen molar-refractivity contribution in [2.45, 2.75) is 49.2 Å². The minimum absolute atomic E-state index is 0.161. The van der Waals surface area contributed by atoms with Crippen molar-refractivity contribution in [3.63, 3.8) is 0 Å². The van der Waals surface area contributed by atoms with Crippen molar-refractivity contribution in [2.24, 2.45) is 0 Å². The molecule has 7 heteroatoms. The van der Waals surface area contributed by atoms with Gasteiger partial charge in [-0.1, -0.05) is 19.8 Å². The number of sulfone groups is 1. The van der Waals surface area contributed by atoms with Crippen molar-refractivity contribution in [3.05, 3.63) is 0 Å². The van der Waals surface area contributed by atoms with Crippen LogP contribution in [0.1, 0.15) is 39.0 Å². The predicted molar refractivity (Wildman–Crippen MR) is 79.5 cm³/mol. The highest BCUT2D eigenvalue weighted by atomic mass is 32.2. The van der Waals surface area contributed by atoms with E-state index in [0.717, 1.165) is 38.6 Å². The third kappa shape index (κ3) is 3.02. The van der Waals surface area contributed by atoms with Gasteiger partial charge in [-0.3, -0.25) is 0 Å². The number of unbranched alkanes of at least 4 members (excludes halogenated alkanes) is 2. The van der Waals surface area contributed by atoms with Gasteiger partial charge in [-0.2, -0.15) is 4.37 Å². The number of nitrogens with two attached hydrogens (primary N) is 1. The van der Waals surface area contributed by atoms with E-state index in [-0.39, 0.29) is 16.0 Å². The van der Waals surface area contributed by atoms with E-state index in [0.29, 0.717) is 5.00 Å². The van der Waals surface area contributed by atoms with Crippen LogP contribution in [0.25, 0.3) is 0 Å². The van der Waals surface area contributed by atoms with Crippen LogP contribution in [0.5, 0.6) is 0 Å². The Hall–Kier alpha value is -0.820. The first-order chi connectivity index (χ1) is 8.98. The lowest BCUT2D eigenvalue weighted by Gasteiger charge is -2.18. The third-order valence-electron chi connectivity index (χ3n) is 3.35. The third-order valence-corrected chi connectivity index (χ3v) is 6.78. The summed E-state index contributed by atoms with van der Waals surface area (Å²) in [5.41, 5.74) is 5.78. The number of aromatic nitrogens is 1. The normalized spacial score (nSPS) is 15.7. The van der Waals surface area contributed by atoms with Gasteiger partial charge in [0.05, 0.1) is 5.25 Å². The van der Waals surface area contributed by atoms with Crippen LogP contribution in [-0.2, 0) is 9.84 Å². The average Bonchev–Trinajstić information content (AvgIpc) is 3.13. The Balaban J connectivity index is 2.22. The maximum Gasteiger partial charge on any atom is 0.187 e. The Morgan fingerprint density at radius 3 is 2.68 bits per heavy atom. The minimum atomic E-state index is -3.28. The molecule has 0 amide bonds. The maximum atomic E-state index is 12.4. The summed E-state index contributed by atoms with van der Waals surface area (Å²) < 4.78 is 28.8. The second-order valence-electron chi connectivity index (χ2n) is 5.08. The Kier molecular flexibility index (Phi) is 4.35. The molecule has 1 aromatic rings. The monoisotopic (exact) mass is 303 g/mol. The van der Waals surface area contributed by atoms with Gasteiger partial charge < -0.3 is 10.6 Å². The fourth-order valence-corrected chi connectivity index (χ4v) is 5.08. The Bertz CT molecular complexity index is 535. The molecule has 1 aromatic heterocycles. The first kappa shape index (κ1) is 14.6. The molecule has 0 radical (unpaired) electrons. The first-order valence-electron chi connectivity index (χ1n) is 6.68. The molecule has 1 aliphatic carbocycles. The number of rotatable bonds is 7. The number of hydrogen-bond donors (Lipinski definition) is 1. The zero-order valence-electron chi connectivity index (χ0n) is 11.4. The van der Waals surface area contributed by atoms with E-state index in [2.05, 4.69) is 11.3 Å². The summed E-state index contributed by atoms with van der Waals surface area (Å²) in [4.78, 5) is 2.23. The van der Waals surface area contributed by atoms with Crippen molar-refractivity contribution < 1.29 is 8.42 Å². The zero-order chi connectivity index (χ0) is 14.0. The molecule has 0 spiro atoms. The van der Waals surface area contributed by atoms with Gasteiger partial charge >= 0.3 is 0 Å². The quantitative estimate of drug-likeness (QED) is 0.782. The van der Waals surface area contributed by atoms with E-state index in [1.165, 1.54) is 11.5 Å². The molecule has 1 fully saturated rings. The largest absolute Gasteiger partial charge is 0.382 e. The van der Waals surface area contributed by atoms with Gasteiger partial charge in [-0.15, -0.1) is 0 Å². The minimum Gasteiger partial charge on any atom is -0.382 e. The summed E-state index contributed by atoms with van der Waals surface area (Å²) in [6.45, 7) is 2.98. The van der Waals surface area contributed by atoms with Crippen LogP contribution < -0.4 is 10.6 Å². The van der Waals surface area contributed by atoms with E-state index in [1.54, 1.807) is 0 Å². The molecule has 1 aliphatic rings. The molecule has 1 heterocycles. The Morgan fingerprint density at radius 2 is 2.11 bits per heavy atom. The van der Waals surface area contributed by atoms with Gasteiger partial charge in [0, 0.05) is 13.6 Å². The molecule has 2 N–H and O–H groups in total. The van der Waals surface area contributed by atoms with Gasteiger partial charge in [0.1, 0.15) is 9.90 Å². The molecule has 0 aromatic carbocycles. The van der Waals surface area contributed by atoms with E-state index >= 15 is 0 Å². The molecule has 108 valence electrons. The van der Waals surface area contributed by atoms with E-state index in [9.17, 15) is 8.42 Å². The second-order valence-corrected chi connectivity index (χ2v) is 7.99. The second kappa shape index (κ2) is 5.66. The molecular formula is C12H21N3O2S2. The molecule has 2 rings (SSSR count). The zero-order valence-corrected chi connectivity index (χ0v) is 13.1. The smallest absolute Gasteiger partial charge is 0.187 e. The summed E-state index contributed by atoms with van der Waals surface area (Å²) in [5, 5.41) is 0.453. The van der Waals surface area contributed by atoms with Crippen molar-refractivity contribution >= 4 is 32.2 Å². The van der Waals surface area contributed by atoms with Crippen LogP contribution in [0.4, 0.5) is 10.8 Å². The summed E-state index contributed by atoms with van der Waals surface area (Å²) in [5.74, 6) is 0.161. The Morgan fingerprint density at radius 1 is 1.42 bits per heavy atom. The van der Waals surface area contributed by atoms with Gasteiger partial charge in [0.25, 0.3) is 0 Å². The molecule has 0 unspecified atom stereocenters. The lowest BCUT2D eigenvalue weighted by atomic mass is 10.2. The first-order valence-corrected chi connectivity index (χ1v) is 9.00. The highest BCUT2D eigenvalue weighted by Crippen LogP contribution is 2.42. The van der Waals surface area contributed by atoms with Gasteiger partial charge in [0.2, 0.25) is 0 Å². The highest BCUT2D eigenvalue weighted by Gasteiger charge is 2.41. The standard InChI is InChI=1S/C12H21N3O2S2/c1-3-4-5-8-15(2)12-10(11(13)14-18-12)19(16,17)9-6-7-9/h9H,3-8H2,1-2H3,(H2,13,14). The van der Waals surface area contributed by atoms with E-state index < -0.39 is 9.84 Å². The van der Waals surface area contributed by atoms with Gasteiger partial charge in [-0.05, 0) is 30.8 Å². The predicted octanol–water partition coefficient (Wildman–Crippen LogP) is 2.29. The number of nitrogens with zero attached hydrogens (tertiary/aromatic N) is 2.